The van der Waals surface area contributed by atoms with Crippen LogP contribution in [0.5, 0.6) is 0 Å². The third-order valence-corrected chi connectivity index (χ3v) is 10.9. The second-order valence-electron chi connectivity index (χ2n) is 12.2. The molecule has 2 heterocycles. The molecule has 7 aromatic rings. The topological polar surface area (TPSA) is 43.0 Å². The zero-order chi connectivity index (χ0) is 29.9. The fourth-order valence-electron chi connectivity index (χ4n) is 7.46. The number of para-hydroxylation sites is 1. The van der Waals surface area contributed by atoms with Crippen molar-refractivity contribution in [2.24, 2.45) is 11.7 Å². The number of hydrogen-bond acceptors (Lipinski definition) is 3. The summed E-state index contributed by atoms with van der Waals surface area (Å²) < 4.78 is 3.70. The van der Waals surface area contributed by atoms with Crippen molar-refractivity contribution < 1.29 is 0 Å². The number of nitrogens with two attached hydrogens (primary N) is 1. The van der Waals surface area contributed by atoms with E-state index < -0.39 is 0 Å². The van der Waals surface area contributed by atoms with Gasteiger partial charge in [0.15, 0.2) is 0 Å². The van der Waals surface area contributed by atoms with Crippen LogP contribution in [0.4, 0.5) is 5.69 Å². The van der Waals surface area contributed by atoms with Crippen molar-refractivity contribution in [3.05, 3.63) is 143 Å². The van der Waals surface area contributed by atoms with E-state index >= 15 is 0 Å². The lowest BCUT2D eigenvalue weighted by atomic mass is 9.88. The molecule has 45 heavy (non-hydrogen) atoms. The van der Waals surface area contributed by atoms with Crippen LogP contribution in [0.25, 0.3) is 59.9 Å². The summed E-state index contributed by atoms with van der Waals surface area (Å²) in [6, 6.07) is 35.1. The Kier molecular flexibility index (Phi) is 6.25. The summed E-state index contributed by atoms with van der Waals surface area (Å²) in [6.07, 6.45) is 16.5. The predicted molar refractivity (Wildman–Crippen MR) is 194 cm³/mol. The minimum atomic E-state index is -0.122. The van der Waals surface area contributed by atoms with Gasteiger partial charge in [-0.1, -0.05) is 115 Å². The number of rotatable bonds is 5. The zero-order valence-electron chi connectivity index (χ0n) is 24.9. The zero-order valence-corrected chi connectivity index (χ0v) is 25.7. The van der Waals surface area contributed by atoms with Crippen LogP contribution in [0, 0.1) is 5.92 Å². The predicted octanol–water partition coefficient (Wildman–Crippen LogP) is 10.8. The van der Waals surface area contributed by atoms with Crippen LogP contribution in [0.15, 0.2) is 127 Å². The van der Waals surface area contributed by atoms with Gasteiger partial charge in [-0.3, -0.25) is 10.1 Å². The highest BCUT2D eigenvalue weighted by Gasteiger charge is 2.25. The van der Waals surface area contributed by atoms with Crippen molar-refractivity contribution >= 4 is 65.8 Å². The molecule has 0 radical (unpaired) electrons. The SMILES string of the molecule is NC(c1ccccc1Nn1c2cc(-c3ccccc3)ccc2c2c3ccccc3c3c4c(sc3c21)C=CCC4)C1C=CC=CC1. The van der Waals surface area contributed by atoms with E-state index in [1.165, 1.54) is 58.7 Å². The van der Waals surface area contributed by atoms with Crippen LogP contribution in [0.3, 0.4) is 0 Å². The van der Waals surface area contributed by atoms with Crippen LogP contribution >= 0.6 is 11.3 Å². The maximum Gasteiger partial charge on any atom is 0.0894 e. The highest BCUT2D eigenvalue weighted by Crippen LogP contribution is 2.48. The number of thiophene rings is 1. The van der Waals surface area contributed by atoms with E-state index in [0.717, 1.165) is 36.0 Å². The van der Waals surface area contributed by atoms with Crippen molar-refractivity contribution in [1.29, 1.82) is 0 Å². The molecule has 4 heteroatoms. The molecular formula is C41H33N3S. The van der Waals surface area contributed by atoms with Gasteiger partial charge < -0.3 is 5.73 Å². The first-order chi connectivity index (χ1) is 22.3. The van der Waals surface area contributed by atoms with Gasteiger partial charge in [-0.05, 0) is 76.4 Å². The first kappa shape index (κ1) is 26.5. The molecule has 0 aliphatic heterocycles. The van der Waals surface area contributed by atoms with Gasteiger partial charge in [0, 0.05) is 27.1 Å². The quantitative estimate of drug-likeness (QED) is 0.207. The van der Waals surface area contributed by atoms with Crippen molar-refractivity contribution in [2.75, 3.05) is 5.43 Å². The molecule has 0 spiro atoms. The lowest BCUT2D eigenvalue weighted by molar-refractivity contribution is 0.524. The highest BCUT2D eigenvalue weighted by atomic mass is 32.1. The molecular weight excluding hydrogens is 567 g/mol. The van der Waals surface area contributed by atoms with E-state index in [2.05, 4.69) is 144 Å². The first-order valence-electron chi connectivity index (χ1n) is 15.9. The third-order valence-electron chi connectivity index (χ3n) is 9.65. The van der Waals surface area contributed by atoms with Crippen molar-refractivity contribution in [3.8, 4) is 11.1 Å². The van der Waals surface area contributed by atoms with E-state index in [1.807, 2.05) is 11.3 Å². The van der Waals surface area contributed by atoms with Gasteiger partial charge in [-0.2, -0.15) is 0 Å². The molecule has 9 rings (SSSR count). The Bertz CT molecular complexity index is 2350. The molecule has 2 aliphatic rings. The first-order valence-corrected chi connectivity index (χ1v) is 16.7. The number of nitrogens with zero attached hydrogens (tertiary/aromatic N) is 1. The van der Waals surface area contributed by atoms with Crippen LogP contribution in [0.2, 0.25) is 0 Å². The second-order valence-corrected chi connectivity index (χ2v) is 13.3. The number of aromatic nitrogens is 1. The second kappa shape index (κ2) is 10.6. The molecule has 218 valence electrons. The Morgan fingerprint density at radius 3 is 2.42 bits per heavy atom. The molecule has 0 saturated heterocycles. The number of allylic oxidation sites excluding steroid dienone is 4. The smallest absolute Gasteiger partial charge is 0.0894 e. The van der Waals surface area contributed by atoms with Crippen LogP contribution in [0.1, 0.15) is 34.9 Å². The van der Waals surface area contributed by atoms with Gasteiger partial charge in [-0.25, -0.2) is 0 Å². The van der Waals surface area contributed by atoms with Crippen LogP contribution < -0.4 is 11.2 Å². The molecule has 3 nitrogen and oxygen atoms in total. The van der Waals surface area contributed by atoms with Crippen molar-refractivity contribution in [3.63, 3.8) is 0 Å². The molecule has 0 amide bonds. The van der Waals surface area contributed by atoms with Crippen molar-refractivity contribution in [2.45, 2.75) is 25.3 Å². The van der Waals surface area contributed by atoms with E-state index in [4.69, 9.17) is 5.73 Å². The highest BCUT2D eigenvalue weighted by molar-refractivity contribution is 7.21. The van der Waals surface area contributed by atoms with E-state index in [1.54, 1.807) is 0 Å². The van der Waals surface area contributed by atoms with Gasteiger partial charge in [0.1, 0.15) is 0 Å². The maximum atomic E-state index is 7.02. The number of nitrogens with one attached hydrogen (secondary N) is 1. The summed E-state index contributed by atoms with van der Waals surface area (Å²) in [5.41, 5.74) is 19.4. The molecule has 3 N–H and O–H groups in total. The van der Waals surface area contributed by atoms with E-state index in [0.29, 0.717) is 0 Å². The monoisotopic (exact) mass is 599 g/mol. The minimum absolute atomic E-state index is 0.122. The van der Waals surface area contributed by atoms with Crippen LogP contribution in [-0.2, 0) is 6.42 Å². The van der Waals surface area contributed by atoms with Gasteiger partial charge in [0.05, 0.1) is 21.4 Å². The number of benzene rings is 5. The molecule has 2 unspecified atom stereocenters. The molecule has 2 aromatic heterocycles. The summed E-state index contributed by atoms with van der Waals surface area (Å²) in [5.74, 6) is 0.257. The van der Waals surface area contributed by atoms with Gasteiger partial charge in [0.2, 0.25) is 0 Å². The fourth-order valence-corrected chi connectivity index (χ4v) is 8.80. The van der Waals surface area contributed by atoms with Gasteiger partial charge in [-0.15, -0.1) is 11.3 Å². The number of anilines is 1. The Morgan fingerprint density at radius 2 is 1.58 bits per heavy atom. The minimum Gasteiger partial charge on any atom is -0.323 e. The molecule has 0 bridgehead atoms. The summed E-state index contributed by atoms with van der Waals surface area (Å²) in [7, 11) is 0. The average molecular weight is 600 g/mol. The number of aryl methyl sites for hydroxylation is 1. The van der Waals surface area contributed by atoms with Crippen molar-refractivity contribution in [1.82, 2.24) is 4.68 Å². The molecule has 5 aromatic carbocycles. The molecule has 2 atom stereocenters. The Hall–Kier alpha value is -4.90. The summed E-state index contributed by atoms with van der Waals surface area (Å²) in [5, 5.41) is 6.60. The summed E-state index contributed by atoms with van der Waals surface area (Å²) >= 11 is 1.93. The van der Waals surface area contributed by atoms with E-state index in [9.17, 15) is 0 Å². The summed E-state index contributed by atoms with van der Waals surface area (Å²) in [6.45, 7) is 0. The Morgan fingerprint density at radius 1 is 0.778 bits per heavy atom. The van der Waals surface area contributed by atoms with E-state index in [-0.39, 0.29) is 12.0 Å². The lowest BCUT2D eigenvalue weighted by Crippen LogP contribution is -2.22. The Balaban J connectivity index is 1.37. The fraction of sp³-hybridized carbons (Fsp3) is 0.122. The third kappa shape index (κ3) is 4.21. The lowest BCUT2D eigenvalue weighted by Gasteiger charge is -2.25. The average Bonchev–Trinajstić information content (AvgIpc) is 3.65. The van der Waals surface area contributed by atoms with Crippen LogP contribution in [-0.4, -0.2) is 4.68 Å². The number of hydrogen-bond donors (Lipinski definition) is 2. The standard InChI is InChI=1S/C41H33N3S/c42-39(27-15-5-2-6-16-27)31-19-9-11-21-34(31)43-44-35-25-28(26-13-3-1-4-14-26)23-24-32(35)37-29-17-7-8-18-30(29)38-33-20-10-12-22-36(33)45-41(38)40(37)44/h1-9,11-15,17-19,21-25,27,39,43H,10,16,20,42H2. The van der Waals surface area contributed by atoms with Gasteiger partial charge >= 0.3 is 0 Å². The molecule has 0 saturated carbocycles. The summed E-state index contributed by atoms with van der Waals surface area (Å²) in [4.78, 5) is 1.38. The molecule has 2 aliphatic carbocycles. The number of fused-ring (bicyclic) bond motifs is 10. The maximum absolute atomic E-state index is 7.02. The van der Waals surface area contributed by atoms with Gasteiger partial charge in [0.25, 0.3) is 0 Å². The Labute approximate surface area is 266 Å². The largest absolute Gasteiger partial charge is 0.323 e. The normalized spacial score (nSPS) is 16.6. The molecule has 0 fully saturated rings.